The van der Waals surface area contributed by atoms with E-state index in [2.05, 4.69) is 15.2 Å². The van der Waals surface area contributed by atoms with Crippen LogP contribution < -0.4 is 0 Å². The van der Waals surface area contributed by atoms with Crippen LogP contribution in [-0.4, -0.2) is 22.1 Å². The number of hydrogen-bond acceptors (Lipinski definition) is 5. The Morgan fingerprint density at radius 3 is 2.88 bits per heavy atom. The van der Waals surface area contributed by atoms with Crippen molar-refractivity contribution in [3.05, 3.63) is 28.3 Å². The Balaban J connectivity index is 2.74. The van der Waals surface area contributed by atoms with Gasteiger partial charge in [0, 0.05) is 24.6 Å². The standard InChI is InChI=1S/C9H8N4O3/c1-10-12-8-6-4-5(13(15)16)2-3-7(6)11-9(8)14/h2-4,11,14H,1H3. The molecule has 0 unspecified atom stereocenters. The number of nitrogens with one attached hydrogen (secondary N) is 1. The number of nitro benzene ring substituents is 1. The molecule has 0 aliphatic rings. The predicted molar refractivity (Wildman–Crippen MR) is 57.1 cm³/mol. The molecular weight excluding hydrogens is 212 g/mol. The van der Waals surface area contributed by atoms with Crippen LogP contribution in [0, 0.1) is 10.1 Å². The van der Waals surface area contributed by atoms with Crippen molar-refractivity contribution in [3.63, 3.8) is 0 Å². The number of nitro groups is 1. The molecule has 0 bridgehead atoms. The number of H-pyrrole nitrogens is 1. The van der Waals surface area contributed by atoms with E-state index in [1.54, 1.807) is 0 Å². The number of rotatable bonds is 2. The van der Waals surface area contributed by atoms with E-state index in [4.69, 9.17) is 0 Å². The maximum atomic E-state index is 10.6. The van der Waals surface area contributed by atoms with Crippen molar-refractivity contribution in [2.24, 2.45) is 10.2 Å². The zero-order valence-electron chi connectivity index (χ0n) is 8.34. The molecule has 1 aromatic carbocycles. The molecule has 0 aliphatic carbocycles. The first-order valence-electron chi connectivity index (χ1n) is 4.42. The molecule has 2 aromatic rings. The summed E-state index contributed by atoms with van der Waals surface area (Å²) in [5.74, 6) is -0.152. The Morgan fingerprint density at radius 1 is 1.50 bits per heavy atom. The van der Waals surface area contributed by atoms with Gasteiger partial charge in [-0.15, -0.1) is 5.11 Å². The molecule has 0 fully saturated rings. The fourth-order valence-electron chi connectivity index (χ4n) is 1.47. The highest BCUT2D eigenvalue weighted by atomic mass is 16.6. The van der Waals surface area contributed by atoms with E-state index in [1.165, 1.54) is 25.2 Å². The van der Waals surface area contributed by atoms with Crippen molar-refractivity contribution >= 4 is 22.3 Å². The van der Waals surface area contributed by atoms with Crippen molar-refractivity contribution in [3.8, 4) is 5.88 Å². The highest BCUT2D eigenvalue weighted by Gasteiger charge is 2.14. The lowest BCUT2D eigenvalue weighted by molar-refractivity contribution is -0.384. The van der Waals surface area contributed by atoms with E-state index in [9.17, 15) is 15.2 Å². The molecule has 1 aromatic heterocycles. The second kappa shape index (κ2) is 3.61. The summed E-state index contributed by atoms with van der Waals surface area (Å²) in [4.78, 5) is 12.8. The monoisotopic (exact) mass is 220 g/mol. The first kappa shape index (κ1) is 10.1. The lowest BCUT2D eigenvalue weighted by Crippen LogP contribution is -1.86. The van der Waals surface area contributed by atoms with Gasteiger partial charge >= 0.3 is 0 Å². The van der Waals surface area contributed by atoms with Gasteiger partial charge in [-0.2, -0.15) is 5.11 Å². The van der Waals surface area contributed by atoms with Gasteiger partial charge < -0.3 is 10.1 Å². The fourth-order valence-corrected chi connectivity index (χ4v) is 1.47. The van der Waals surface area contributed by atoms with Gasteiger partial charge in [0.05, 0.1) is 10.4 Å². The smallest absolute Gasteiger partial charge is 0.270 e. The van der Waals surface area contributed by atoms with Crippen molar-refractivity contribution in [1.29, 1.82) is 0 Å². The van der Waals surface area contributed by atoms with E-state index in [-0.39, 0.29) is 17.3 Å². The van der Waals surface area contributed by atoms with Gasteiger partial charge in [-0.25, -0.2) is 0 Å². The Hall–Kier alpha value is -2.44. The zero-order chi connectivity index (χ0) is 11.7. The number of aromatic amines is 1. The molecule has 0 atom stereocenters. The van der Waals surface area contributed by atoms with Gasteiger partial charge in [-0.05, 0) is 6.07 Å². The number of fused-ring (bicyclic) bond motifs is 1. The zero-order valence-corrected chi connectivity index (χ0v) is 8.34. The summed E-state index contributed by atoms with van der Waals surface area (Å²) in [6.45, 7) is 0. The van der Waals surface area contributed by atoms with Crippen molar-refractivity contribution in [2.75, 3.05) is 7.05 Å². The number of aromatic nitrogens is 1. The lowest BCUT2D eigenvalue weighted by Gasteiger charge is -1.92. The first-order valence-corrected chi connectivity index (χ1v) is 4.42. The van der Waals surface area contributed by atoms with Crippen LogP contribution in [0.15, 0.2) is 28.4 Å². The Labute approximate surface area is 89.6 Å². The average molecular weight is 220 g/mol. The third-order valence-corrected chi connectivity index (χ3v) is 2.15. The summed E-state index contributed by atoms with van der Waals surface area (Å²) >= 11 is 0. The normalized spacial score (nSPS) is 11.3. The highest BCUT2D eigenvalue weighted by molar-refractivity contribution is 5.95. The molecular formula is C9H8N4O3. The van der Waals surface area contributed by atoms with Gasteiger partial charge in [0.15, 0.2) is 5.69 Å². The van der Waals surface area contributed by atoms with E-state index < -0.39 is 4.92 Å². The van der Waals surface area contributed by atoms with Crippen LogP contribution in [-0.2, 0) is 0 Å². The molecule has 0 radical (unpaired) electrons. The molecule has 0 saturated heterocycles. The van der Waals surface area contributed by atoms with Crippen LogP contribution in [0.1, 0.15) is 0 Å². The molecule has 16 heavy (non-hydrogen) atoms. The van der Waals surface area contributed by atoms with Gasteiger partial charge in [0.1, 0.15) is 0 Å². The summed E-state index contributed by atoms with van der Waals surface area (Å²) in [5.41, 5.74) is 0.728. The number of non-ortho nitro benzene ring substituents is 1. The molecule has 0 saturated carbocycles. The largest absolute Gasteiger partial charge is 0.493 e. The van der Waals surface area contributed by atoms with Crippen LogP contribution in [0.25, 0.3) is 10.9 Å². The third-order valence-electron chi connectivity index (χ3n) is 2.15. The molecule has 7 heteroatoms. The third kappa shape index (κ3) is 1.48. The Kier molecular flexibility index (Phi) is 2.28. The highest BCUT2D eigenvalue weighted by Crippen LogP contribution is 2.36. The number of hydrogen-bond donors (Lipinski definition) is 2. The number of aromatic hydroxyl groups is 1. The summed E-state index contributed by atoms with van der Waals surface area (Å²) < 4.78 is 0. The molecule has 2 N–H and O–H groups in total. The lowest BCUT2D eigenvalue weighted by atomic mass is 10.2. The van der Waals surface area contributed by atoms with Crippen LogP contribution in [0.5, 0.6) is 5.88 Å². The van der Waals surface area contributed by atoms with Crippen LogP contribution in [0.2, 0.25) is 0 Å². The predicted octanol–water partition coefficient (Wildman–Crippen LogP) is 2.50. The second-order valence-electron chi connectivity index (χ2n) is 3.11. The van der Waals surface area contributed by atoms with Crippen LogP contribution >= 0.6 is 0 Å². The van der Waals surface area contributed by atoms with Crippen LogP contribution in [0.3, 0.4) is 0 Å². The molecule has 1 heterocycles. The van der Waals surface area contributed by atoms with E-state index in [1.807, 2.05) is 0 Å². The average Bonchev–Trinajstić information content (AvgIpc) is 2.55. The molecule has 0 aliphatic heterocycles. The van der Waals surface area contributed by atoms with Gasteiger partial charge in [-0.1, -0.05) is 0 Å². The molecule has 0 amide bonds. The van der Waals surface area contributed by atoms with E-state index in [0.717, 1.165) is 0 Å². The Morgan fingerprint density at radius 2 is 2.25 bits per heavy atom. The first-order chi connectivity index (χ1) is 7.63. The SMILES string of the molecule is CN=Nc1c(O)[nH]c2ccc([N+](=O)[O-])cc12. The molecule has 7 nitrogen and oxygen atoms in total. The fraction of sp³-hybridized carbons (Fsp3) is 0.111. The van der Waals surface area contributed by atoms with Gasteiger partial charge in [0.2, 0.25) is 5.88 Å². The van der Waals surface area contributed by atoms with E-state index in [0.29, 0.717) is 10.9 Å². The maximum Gasteiger partial charge on any atom is 0.270 e. The topological polar surface area (TPSA) is 104 Å². The quantitative estimate of drug-likeness (QED) is 0.461. The summed E-state index contributed by atoms with van der Waals surface area (Å²) in [6.07, 6.45) is 0. The van der Waals surface area contributed by atoms with Gasteiger partial charge in [-0.3, -0.25) is 10.1 Å². The number of azo groups is 1. The van der Waals surface area contributed by atoms with Crippen LogP contribution in [0.4, 0.5) is 11.4 Å². The van der Waals surface area contributed by atoms with Crippen molar-refractivity contribution in [1.82, 2.24) is 4.98 Å². The summed E-state index contributed by atoms with van der Waals surface area (Å²) in [6, 6.07) is 4.21. The van der Waals surface area contributed by atoms with Crippen molar-refractivity contribution < 1.29 is 10.0 Å². The Bertz CT molecular complexity index is 588. The second-order valence-corrected chi connectivity index (χ2v) is 3.11. The molecule has 2 rings (SSSR count). The minimum absolute atomic E-state index is 0.0564. The molecule has 0 spiro atoms. The number of benzene rings is 1. The minimum Gasteiger partial charge on any atom is -0.493 e. The minimum atomic E-state index is -0.504. The van der Waals surface area contributed by atoms with E-state index >= 15 is 0 Å². The molecule has 82 valence electrons. The summed E-state index contributed by atoms with van der Waals surface area (Å²) in [5, 5.41) is 27.8. The van der Waals surface area contributed by atoms with Gasteiger partial charge in [0.25, 0.3) is 5.69 Å². The summed E-state index contributed by atoms with van der Waals surface area (Å²) in [7, 11) is 1.45. The number of nitrogens with zero attached hydrogens (tertiary/aromatic N) is 3. The van der Waals surface area contributed by atoms with Crippen molar-refractivity contribution in [2.45, 2.75) is 0 Å². The maximum absolute atomic E-state index is 10.6.